The first-order chi connectivity index (χ1) is 17.7. The molecule has 0 heterocycles. The third-order valence-corrected chi connectivity index (χ3v) is 9.99. The van der Waals surface area contributed by atoms with Crippen LogP contribution in [0.2, 0.25) is 0 Å². The van der Waals surface area contributed by atoms with E-state index < -0.39 is 20.0 Å². The molecule has 6 nitrogen and oxygen atoms in total. The van der Waals surface area contributed by atoms with Gasteiger partial charge in [-0.3, -0.25) is 0 Å². The molecule has 1 saturated carbocycles. The molecule has 194 valence electrons. The second-order valence-corrected chi connectivity index (χ2v) is 13.1. The van der Waals surface area contributed by atoms with Crippen molar-refractivity contribution in [1.29, 1.82) is 0 Å². The fourth-order valence-electron chi connectivity index (χ4n) is 4.36. The first-order valence-corrected chi connectivity index (χ1v) is 15.3. The highest BCUT2D eigenvalue weighted by atomic mass is 32.2. The molecule has 8 heteroatoms. The molecule has 0 spiro atoms. The lowest BCUT2D eigenvalue weighted by atomic mass is 9.96. The Balaban J connectivity index is 1.78. The van der Waals surface area contributed by atoms with Gasteiger partial charge in [0.25, 0.3) is 20.0 Å². The van der Waals surface area contributed by atoms with Gasteiger partial charge in [0.15, 0.2) is 0 Å². The maximum absolute atomic E-state index is 13.7. The molecule has 4 rings (SSSR count). The number of hydrogen-bond donors (Lipinski definition) is 0. The number of sulfonamides is 2. The molecule has 3 aromatic carbocycles. The van der Waals surface area contributed by atoms with E-state index in [9.17, 15) is 16.8 Å². The number of benzene rings is 3. The summed E-state index contributed by atoms with van der Waals surface area (Å²) >= 11 is 0. The maximum atomic E-state index is 13.7. The molecule has 1 aliphatic rings. The highest BCUT2D eigenvalue weighted by molar-refractivity contribution is 7.89. The molecule has 1 aliphatic carbocycles. The van der Waals surface area contributed by atoms with Crippen LogP contribution in [0.15, 0.2) is 88.7 Å². The standard InChI is InChI=1S/C29H32N2O4S2/c1-24-13-17-28(18-14-24)36(32,33)30(23-26-9-5-3-6-10-26)21-22-31(27-11-7-4-8-12-27)37(34,35)29-19-15-25(2)16-20-29/h3,5-6,9-10,13-20,27H,4,7-8,11-12,23H2,1-2H3. The predicted molar refractivity (Wildman–Crippen MR) is 145 cm³/mol. The average Bonchev–Trinajstić information content (AvgIpc) is 2.90. The number of nitrogens with zero attached hydrogens (tertiary/aromatic N) is 2. The van der Waals surface area contributed by atoms with Crippen LogP contribution in [0.25, 0.3) is 0 Å². The number of hydrogen-bond acceptors (Lipinski definition) is 4. The van der Waals surface area contributed by atoms with Crippen LogP contribution in [0.5, 0.6) is 0 Å². The summed E-state index contributed by atoms with van der Waals surface area (Å²) in [7, 11) is -7.98. The van der Waals surface area contributed by atoms with Gasteiger partial charge < -0.3 is 0 Å². The zero-order valence-electron chi connectivity index (χ0n) is 21.2. The molecule has 0 N–H and O–H groups in total. The molecule has 1 fully saturated rings. The highest BCUT2D eigenvalue weighted by Gasteiger charge is 2.31. The Morgan fingerprint density at radius 3 is 1.73 bits per heavy atom. The van der Waals surface area contributed by atoms with Crippen LogP contribution < -0.4 is 0 Å². The largest absolute Gasteiger partial charge is 0.271 e. The molecular weight excluding hydrogens is 504 g/mol. The zero-order chi connectivity index (χ0) is 26.5. The van der Waals surface area contributed by atoms with Crippen molar-refractivity contribution in [3.63, 3.8) is 0 Å². The van der Waals surface area contributed by atoms with E-state index in [-0.39, 0.29) is 22.4 Å². The smallest absolute Gasteiger partial charge is 0.220 e. The van der Waals surface area contributed by atoms with E-state index in [1.807, 2.05) is 44.2 Å². The SMILES string of the molecule is Cc1ccc(S(=O)(=O)N(C#CN(C2CCCCC2)S(=O)(=O)c2ccc(C)cc2)Cc2ccccc2)cc1. The summed E-state index contributed by atoms with van der Waals surface area (Å²) in [6.45, 7) is 3.77. The highest BCUT2D eigenvalue weighted by Crippen LogP contribution is 2.28. The van der Waals surface area contributed by atoms with Crippen LogP contribution in [0, 0.1) is 25.9 Å². The zero-order valence-corrected chi connectivity index (χ0v) is 22.8. The Kier molecular flexibility index (Phi) is 8.25. The van der Waals surface area contributed by atoms with Crippen LogP contribution in [-0.2, 0) is 26.6 Å². The molecule has 0 bridgehead atoms. The van der Waals surface area contributed by atoms with Crippen molar-refractivity contribution in [2.24, 2.45) is 0 Å². The molecule has 37 heavy (non-hydrogen) atoms. The van der Waals surface area contributed by atoms with Crippen LogP contribution in [0.1, 0.15) is 48.8 Å². The average molecular weight is 537 g/mol. The van der Waals surface area contributed by atoms with Crippen LogP contribution >= 0.6 is 0 Å². The van der Waals surface area contributed by atoms with E-state index in [4.69, 9.17) is 0 Å². The normalized spacial score (nSPS) is 14.4. The van der Waals surface area contributed by atoms with Crippen molar-refractivity contribution in [2.45, 2.75) is 68.3 Å². The van der Waals surface area contributed by atoms with Crippen molar-refractivity contribution in [3.05, 3.63) is 95.6 Å². The van der Waals surface area contributed by atoms with Gasteiger partial charge in [0, 0.05) is 12.1 Å². The second-order valence-electron chi connectivity index (χ2n) is 9.44. The topological polar surface area (TPSA) is 74.8 Å². The monoisotopic (exact) mass is 536 g/mol. The van der Waals surface area contributed by atoms with E-state index in [0.717, 1.165) is 40.3 Å². The molecule has 0 amide bonds. The Morgan fingerprint density at radius 2 is 1.19 bits per heavy atom. The fraction of sp³-hybridized carbons (Fsp3) is 0.310. The van der Waals surface area contributed by atoms with Crippen molar-refractivity contribution in [3.8, 4) is 12.1 Å². The van der Waals surface area contributed by atoms with Crippen molar-refractivity contribution < 1.29 is 16.8 Å². The molecule has 0 aliphatic heterocycles. The molecule has 0 atom stereocenters. The van der Waals surface area contributed by atoms with Crippen LogP contribution in [0.4, 0.5) is 0 Å². The van der Waals surface area contributed by atoms with Crippen molar-refractivity contribution >= 4 is 20.0 Å². The second kappa shape index (κ2) is 11.4. The van der Waals surface area contributed by atoms with E-state index >= 15 is 0 Å². The first-order valence-electron chi connectivity index (χ1n) is 12.4. The lowest BCUT2D eigenvalue weighted by molar-refractivity contribution is 0.315. The van der Waals surface area contributed by atoms with E-state index in [1.54, 1.807) is 48.5 Å². The summed E-state index contributed by atoms with van der Waals surface area (Å²) in [6.07, 6.45) is 4.22. The Hall–Kier alpha value is -3.28. The van der Waals surface area contributed by atoms with Crippen LogP contribution in [-0.4, -0.2) is 31.5 Å². The number of aryl methyl sites for hydroxylation is 2. The Labute approximate surface area is 221 Å². The van der Waals surface area contributed by atoms with Gasteiger partial charge in [-0.05, 0) is 56.5 Å². The van der Waals surface area contributed by atoms with Gasteiger partial charge in [0.05, 0.1) is 22.4 Å². The molecule has 0 radical (unpaired) electrons. The third-order valence-electron chi connectivity index (χ3n) is 6.55. The lowest BCUT2D eigenvalue weighted by Crippen LogP contribution is -2.38. The molecule has 0 unspecified atom stereocenters. The van der Waals surface area contributed by atoms with Gasteiger partial charge in [0.1, 0.15) is 0 Å². The fourth-order valence-corrected chi connectivity index (χ4v) is 7.05. The molecular formula is C29H32N2O4S2. The minimum absolute atomic E-state index is 0.00681. The molecule has 0 aromatic heterocycles. The summed E-state index contributed by atoms with van der Waals surface area (Å²) in [5, 5.41) is 0. The predicted octanol–water partition coefficient (Wildman–Crippen LogP) is 5.44. The Bertz CT molecular complexity index is 1470. The van der Waals surface area contributed by atoms with E-state index in [1.165, 1.54) is 4.31 Å². The van der Waals surface area contributed by atoms with Gasteiger partial charge in [-0.15, -0.1) is 0 Å². The van der Waals surface area contributed by atoms with E-state index in [2.05, 4.69) is 12.1 Å². The quantitative estimate of drug-likeness (QED) is 0.298. The summed E-state index contributed by atoms with van der Waals surface area (Å²) in [6, 6.07) is 27.6. The van der Waals surface area contributed by atoms with Gasteiger partial charge >= 0.3 is 0 Å². The summed E-state index contributed by atoms with van der Waals surface area (Å²) in [4.78, 5) is 0.253. The van der Waals surface area contributed by atoms with Gasteiger partial charge in [-0.1, -0.05) is 85.0 Å². The Morgan fingerprint density at radius 1 is 0.676 bits per heavy atom. The summed E-state index contributed by atoms with van der Waals surface area (Å²) < 4.78 is 57.0. The summed E-state index contributed by atoms with van der Waals surface area (Å²) in [5.74, 6) is 0. The van der Waals surface area contributed by atoms with Gasteiger partial charge in [0.2, 0.25) is 0 Å². The summed E-state index contributed by atoms with van der Waals surface area (Å²) in [5.41, 5.74) is 2.64. The minimum Gasteiger partial charge on any atom is -0.220 e. The molecule has 3 aromatic rings. The number of rotatable bonds is 7. The third kappa shape index (κ3) is 6.35. The maximum Gasteiger partial charge on any atom is 0.271 e. The van der Waals surface area contributed by atoms with Crippen molar-refractivity contribution in [2.75, 3.05) is 0 Å². The van der Waals surface area contributed by atoms with Gasteiger partial charge in [-0.25, -0.2) is 25.4 Å². The van der Waals surface area contributed by atoms with Gasteiger partial charge in [-0.2, -0.15) is 0 Å². The van der Waals surface area contributed by atoms with E-state index in [0.29, 0.717) is 12.8 Å². The molecule has 0 saturated heterocycles. The first kappa shape index (κ1) is 26.8. The van der Waals surface area contributed by atoms with Crippen molar-refractivity contribution in [1.82, 2.24) is 8.61 Å². The minimum atomic E-state index is -4.02. The lowest BCUT2D eigenvalue weighted by Gasteiger charge is -2.31. The van der Waals surface area contributed by atoms with Crippen LogP contribution in [0.3, 0.4) is 0 Å².